The molecule has 0 radical (unpaired) electrons. The van der Waals surface area contributed by atoms with Gasteiger partial charge in [0, 0.05) is 25.4 Å². The summed E-state index contributed by atoms with van der Waals surface area (Å²) in [6.45, 7) is 5.52. The van der Waals surface area contributed by atoms with Crippen LogP contribution in [0.3, 0.4) is 0 Å². The molecule has 7 heteroatoms. The van der Waals surface area contributed by atoms with Crippen LogP contribution in [0, 0.1) is 11.7 Å². The van der Waals surface area contributed by atoms with Crippen LogP contribution in [-0.2, 0) is 4.79 Å². The van der Waals surface area contributed by atoms with Gasteiger partial charge in [0.2, 0.25) is 5.91 Å². The van der Waals surface area contributed by atoms with Crippen molar-refractivity contribution in [1.29, 1.82) is 0 Å². The number of rotatable bonds is 10. The summed E-state index contributed by atoms with van der Waals surface area (Å²) < 4.78 is 13.1. The summed E-state index contributed by atoms with van der Waals surface area (Å²) in [7, 11) is 0. The van der Waals surface area contributed by atoms with Crippen molar-refractivity contribution in [2.24, 2.45) is 10.9 Å². The van der Waals surface area contributed by atoms with Crippen LogP contribution in [0.5, 0.6) is 0 Å². The van der Waals surface area contributed by atoms with E-state index in [2.05, 4.69) is 27.9 Å². The largest absolute Gasteiger partial charge is 0.396 e. The maximum absolute atomic E-state index is 13.1. The lowest BCUT2D eigenvalue weighted by atomic mass is 10.0. The number of anilines is 1. The van der Waals surface area contributed by atoms with Crippen molar-refractivity contribution in [3.63, 3.8) is 0 Å². The van der Waals surface area contributed by atoms with E-state index in [0.717, 1.165) is 19.3 Å². The number of nitrogens with one attached hydrogen (secondary N) is 3. The molecule has 0 fully saturated rings. The van der Waals surface area contributed by atoms with E-state index in [0.29, 0.717) is 30.7 Å². The van der Waals surface area contributed by atoms with Gasteiger partial charge in [-0.3, -0.25) is 4.79 Å². The standard InChI is InChI=1S/C18H29FN4O2/c1-3-6-14(9-10-24)12-21-18(20-4-2)22-13-17(25)23-16-8-5-7-15(19)11-16/h5,7-8,11,14,24H,3-4,6,9-10,12-13H2,1-2H3,(H,23,25)(H2,20,21,22). The van der Waals surface area contributed by atoms with Gasteiger partial charge in [-0.15, -0.1) is 0 Å². The summed E-state index contributed by atoms with van der Waals surface area (Å²) in [4.78, 5) is 16.2. The zero-order valence-corrected chi connectivity index (χ0v) is 15.0. The SMILES string of the molecule is CCCC(CCO)CNC(=NCC(=O)Nc1cccc(F)c1)NCC. The van der Waals surface area contributed by atoms with Crippen LogP contribution in [0.15, 0.2) is 29.3 Å². The molecule has 0 spiro atoms. The Morgan fingerprint density at radius 2 is 2.08 bits per heavy atom. The van der Waals surface area contributed by atoms with Crippen LogP contribution in [0.25, 0.3) is 0 Å². The Morgan fingerprint density at radius 3 is 2.72 bits per heavy atom. The van der Waals surface area contributed by atoms with Gasteiger partial charge in [-0.1, -0.05) is 19.4 Å². The first-order chi connectivity index (χ1) is 12.1. The highest BCUT2D eigenvalue weighted by molar-refractivity contribution is 5.94. The Bertz CT molecular complexity index is 546. The topological polar surface area (TPSA) is 85.8 Å². The van der Waals surface area contributed by atoms with Crippen LogP contribution >= 0.6 is 0 Å². The van der Waals surface area contributed by atoms with Crippen molar-refractivity contribution in [1.82, 2.24) is 10.6 Å². The Balaban J connectivity index is 2.54. The number of amides is 1. The maximum atomic E-state index is 13.1. The van der Waals surface area contributed by atoms with Crippen molar-refractivity contribution in [3.8, 4) is 0 Å². The summed E-state index contributed by atoms with van der Waals surface area (Å²) in [5.74, 6) is 0.196. The van der Waals surface area contributed by atoms with Gasteiger partial charge in [0.05, 0.1) is 0 Å². The third-order valence-corrected chi connectivity index (χ3v) is 3.63. The molecule has 1 unspecified atom stereocenters. The number of guanidine groups is 1. The number of carbonyl (C=O) groups is 1. The molecule has 1 rings (SSSR count). The number of nitrogens with zero attached hydrogens (tertiary/aromatic N) is 1. The summed E-state index contributed by atoms with van der Waals surface area (Å²) in [5.41, 5.74) is 0.407. The van der Waals surface area contributed by atoms with E-state index in [4.69, 9.17) is 5.11 Å². The van der Waals surface area contributed by atoms with Crippen molar-refractivity contribution < 1.29 is 14.3 Å². The second-order valence-electron chi connectivity index (χ2n) is 5.80. The molecule has 0 heterocycles. The van der Waals surface area contributed by atoms with Crippen LogP contribution in [0.1, 0.15) is 33.1 Å². The average molecular weight is 352 g/mol. The van der Waals surface area contributed by atoms with E-state index in [1.165, 1.54) is 18.2 Å². The second kappa shape index (κ2) is 12.2. The number of aliphatic hydroxyl groups excluding tert-OH is 1. The van der Waals surface area contributed by atoms with E-state index in [1.54, 1.807) is 6.07 Å². The number of hydrogen-bond donors (Lipinski definition) is 4. The number of carbonyl (C=O) groups excluding carboxylic acids is 1. The maximum Gasteiger partial charge on any atom is 0.246 e. The van der Waals surface area contributed by atoms with Crippen LogP contribution in [0.4, 0.5) is 10.1 Å². The molecule has 6 nitrogen and oxygen atoms in total. The van der Waals surface area contributed by atoms with Crippen molar-refractivity contribution in [3.05, 3.63) is 30.1 Å². The zero-order valence-electron chi connectivity index (χ0n) is 15.0. The summed E-state index contributed by atoms with van der Waals surface area (Å²) >= 11 is 0. The number of benzene rings is 1. The van der Waals surface area contributed by atoms with E-state index < -0.39 is 5.82 Å². The van der Waals surface area contributed by atoms with E-state index in [-0.39, 0.29) is 19.1 Å². The molecule has 0 saturated carbocycles. The lowest BCUT2D eigenvalue weighted by Crippen LogP contribution is -2.40. The minimum Gasteiger partial charge on any atom is -0.396 e. The Hall–Kier alpha value is -2.15. The summed E-state index contributed by atoms with van der Waals surface area (Å²) in [5, 5.41) is 18.0. The number of aliphatic hydroxyl groups is 1. The van der Waals surface area contributed by atoms with Gasteiger partial charge in [-0.2, -0.15) is 0 Å². The Labute approximate surface area is 148 Å². The van der Waals surface area contributed by atoms with Crippen molar-refractivity contribution in [2.45, 2.75) is 33.1 Å². The molecular weight excluding hydrogens is 323 g/mol. The lowest BCUT2D eigenvalue weighted by Gasteiger charge is -2.18. The monoisotopic (exact) mass is 352 g/mol. The molecule has 1 amide bonds. The molecular formula is C18H29FN4O2. The molecule has 25 heavy (non-hydrogen) atoms. The van der Waals surface area contributed by atoms with Gasteiger partial charge in [-0.25, -0.2) is 9.38 Å². The molecule has 0 aliphatic heterocycles. The van der Waals surface area contributed by atoms with Gasteiger partial charge in [0.1, 0.15) is 12.4 Å². The highest BCUT2D eigenvalue weighted by atomic mass is 19.1. The smallest absolute Gasteiger partial charge is 0.246 e. The Kier molecular flexibility index (Phi) is 10.2. The second-order valence-corrected chi connectivity index (χ2v) is 5.80. The highest BCUT2D eigenvalue weighted by Gasteiger charge is 2.09. The fourth-order valence-corrected chi connectivity index (χ4v) is 2.44. The lowest BCUT2D eigenvalue weighted by molar-refractivity contribution is -0.114. The molecule has 1 aromatic carbocycles. The predicted octanol–water partition coefficient (Wildman–Crippen LogP) is 2.12. The van der Waals surface area contributed by atoms with Gasteiger partial charge >= 0.3 is 0 Å². The molecule has 1 aromatic rings. The van der Waals surface area contributed by atoms with E-state index in [9.17, 15) is 9.18 Å². The van der Waals surface area contributed by atoms with Crippen LogP contribution in [0.2, 0.25) is 0 Å². The number of aliphatic imine (C=N–C) groups is 1. The molecule has 0 aromatic heterocycles. The molecule has 4 N–H and O–H groups in total. The summed E-state index contributed by atoms with van der Waals surface area (Å²) in [6, 6.07) is 5.74. The average Bonchev–Trinajstić information content (AvgIpc) is 2.57. The first kappa shape index (κ1) is 20.9. The third-order valence-electron chi connectivity index (χ3n) is 3.63. The number of halogens is 1. The van der Waals surface area contributed by atoms with Crippen LogP contribution in [-0.4, -0.2) is 43.2 Å². The molecule has 0 bridgehead atoms. The fraction of sp³-hybridized carbons (Fsp3) is 0.556. The molecule has 0 aliphatic rings. The highest BCUT2D eigenvalue weighted by Crippen LogP contribution is 2.10. The number of hydrogen-bond acceptors (Lipinski definition) is 3. The van der Waals surface area contributed by atoms with E-state index >= 15 is 0 Å². The zero-order chi connectivity index (χ0) is 18.5. The van der Waals surface area contributed by atoms with E-state index in [1.807, 2.05) is 6.92 Å². The summed E-state index contributed by atoms with van der Waals surface area (Å²) in [6.07, 6.45) is 2.81. The molecule has 1 atom stereocenters. The fourth-order valence-electron chi connectivity index (χ4n) is 2.44. The minimum absolute atomic E-state index is 0.0652. The molecule has 140 valence electrons. The molecule has 0 aliphatic carbocycles. The van der Waals surface area contributed by atoms with Crippen molar-refractivity contribution >= 4 is 17.6 Å². The third kappa shape index (κ3) is 9.05. The van der Waals surface area contributed by atoms with Crippen LogP contribution < -0.4 is 16.0 Å². The predicted molar refractivity (Wildman–Crippen MR) is 99.1 cm³/mol. The van der Waals surface area contributed by atoms with Gasteiger partial charge in [0.15, 0.2) is 5.96 Å². The van der Waals surface area contributed by atoms with Gasteiger partial charge in [0.25, 0.3) is 0 Å². The Morgan fingerprint density at radius 1 is 1.28 bits per heavy atom. The van der Waals surface area contributed by atoms with Gasteiger partial charge in [-0.05, 0) is 43.9 Å². The minimum atomic E-state index is -0.401. The quantitative estimate of drug-likeness (QED) is 0.384. The first-order valence-corrected chi connectivity index (χ1v) is 8.77. The first-order valence-electron chi connectivity index (χ1n) is 8.77. The normalized spacial score (nSPS) is 12.6. The van der Waals surface area contributed by atoms with Crippen molar-refractivity contribution in [2.75, 3.05) is 31.6 Å². The van der Waals surface area contributed by atoms with Gasteiger partial charge < -0.3 is 21.1 Å². The molecule has 0 saturated heterocycles.